The van der Waals surface area contributed by atoms with Gasteiger partial charge in [-0.2, -0.15) is 0 Å². The third kappa shape index (κ3) is 3.27. The van der Waals surface area contributed by atoms with Gasteiger partial charge in [-0.05, 0) is 55.2 Å². The zero-order chi connectivity index (χ0) is 18.1. The van der Waals surface area contributed by atoms with Crippen LogP contribution in [0.3, 0.4) is 0 Å². The molecule has 2 aromatic rings. The number of carbonyl (C=O) groups excluding carboxylic acids is 2. The molecule has 134 valence electrons. The molecule has 1 aliphatic heterocycles. The SMILES string of the molecule is Cc1cc(C(=O)N(Cc2cccnc2)C2CC2)ccc1N1CCNC1=O. The normalized spacial score (nSPS) is 16.5. The van der Waals surface area contributed by atoms with E-state index in [1.807, 2.05) is 48.4 Å². The third-order valence-electron chi connectivity index (χ3n) is 4.92. The number of urea groups is 1. The highest BCUT2D eigenvalue weighted by molar-refractivity contribution is 5.98. The summed E-state index contributed by atoms with van der Waals surface area (Å²) in [5.41, 5.74) is 3.50. The highest BCUT2D eigenvalue weighted by atomic mass is 16.2. The lowest BCUT2D eigenvalue weighted by atomic mass is 10.1. The van der Waals surface area contributed by atoms with Crippen molar-refractivity contribution >= 4 is 17.6 Å². The van der Waals surface area contributed by atoms with Gasteiger partial charge in [0.2, 0.25) is 0 Å². The average molecular weight is 350 g/mol. The van der Waals surface area contributed by atoms with Crippen LogP contribution >= 0.6 is 0 Å². The van der Waals surface area contributed by atoms with Crippen molar-refractivity contribution in [2.75, 3.05) is 18.0 Å². The highest BCUT2D eigenvalue weighted by Gasteiger charge is 2.33. The van der Waals surface area contributed by atoms with Crippen molar-refractivity contribution in [3.63, 3.8) is 0 Å². The number of nitrogens with one attached hydrogen (secondary N) is 1. The van der Waals surface area contributed by atoms with Gasteiger partial charge in [0, 0.05) is 49.3 Å². The van der Waals surface area contributed by atoms with Crippen LogP contribution in [0.1, 0.15) is 34.3 Å². The fourth-order valence-corrected chi connectivity index (χ4v) is 3.40. The summed E-state index contributed by atoms with van der Waals surface area (Å²) < 4.78 is 0. The van der Waals surface area contributed by atoms with Crippen LogP contribution in [0.25, 0.3) is 0 Å². The molecule has 6 heteroatoms. The summed E-state index contributed by atoms with van der Waals surface area (Å²) in [6.07, 6.45) is 5.65. The Balaban J connectivity index is 1.56. The van der Waals surface area contributed by atoms with Crippen LogP contribution in [0.4, 0.5) is 10.5 Å². The molecule has 2 aliphatic rings. The number of anilines is 1. The minimum absolute atomic E-state index is 0.0388. The van der Waals surface area contributed by atoms with E-state index in [9.17, 15) is 9.59 Å². The molecular weight excluding hydrogens is 328 g/mol. The Morgan fingerprint density at radius 2 is 2.19 bits per heavy atom. The molecule has 0 atom stereocenters. The second-order valence-corrected chi connectivity index (χ2v) is 6.91. The van der Waals surface area contributed by atoms with Gasteiger partial charge in [0.15, 0.2) is 0 Å². The van der Waals surface area contributed by atoms with Crippen LogP contribution in [0, 0.1) is 6.92 Å². The standard InChI is InChI=1S/C20H22N4O2/c1-14-11-16(4-7-18(14)23-10-9-22-20(23)26)19(25)24(17-5-6-17)13-15-3-2-8-21-12-15/h2-4,7-8,11-12,17H,5-6,9-10,13H2,1H3,(H,22,26). The first-order chi connectivity index (χ1) is 12.6. The van der Waals surface area contributed by atoms with E-state index in [1.54, 1.807) is 11.1 Å². The van der Waals surface area contributed by atoms with Gasteiger partial charge < -0.3 is 10.2 Å². The summed E-state index contributed by atoms with van der Waals surface area (Å²) in [6.45, 7) is 3.83. The zero-order valence-corrected chi connectivity index (χ0v) is 14.8. The predicted octanol–water partition coefficient (Wildman–Crippen LogP) is 2.72. The largest absolute Gasteiger partial charge is 0.336 e. The summed E-state index contributed by atoms with van der Waals surface area (Å²) in [7, 11) is 0. The van der Waals surface area contributed by atoms with Gasteiger partial charge in [0.05, 0.1) is 0 Å². The van der Waals surface area contributed by atoms with Crippen LogP contribution in [-0.4, -0.2) is 41.0 Å². The number of hydrogen-bond donors (Lipinski definition) is 1. The molecule has 6 nitrogen and oxygen atoms in total. The lowest BCUT2D eigenvalue weighted by molar-refractivity contribution is 0.0729. The highest BCUT2D eigenvalue weighted by Crippen LogP contribution is 2.31. The minimum atomic E-state index is -0.0802. The second kappa shape index (κ2) is 6.78. The first-order valence-electron chi connectivity index (χ1n) is 8.99. The summed E-state index contributed by atoms with van der Waals surface area (Å²) >= 11 is 0. The number of aromatic nitrogens is 1. The van der Waals surface area contributed by atoms with Crippen molar-refractivity contribution in [1.29, 1.82) is 0 Å². The molecule has 0 bridgehead atoms. The van der Waals surface area contributed by atoms with E-state index in [-0.39, 0.29) is 11.9 Å². The van der Waals surface area contributed by atoms with Gasteiger partial charge in [-0.1, -0.05) is 6.07 Å². The third-order valence-corrected chi connectivity index (χ3v) is 4.92. The van der Waals surface area contributed by atoms with E-state index in [0.717, 1.165) is 29.7 Å². The van der Waals surface area contributed by atoms with Gasteiger partial charge in [-0.15, -0.1) is 0 Å². The van der Waals surface area contributed by atoms with E-state index in [4.69, 9.17) is 0 Å². The molecule has 2 heterocycles. The van der Waals surface area contributed by atoms with Gasteiger partial charge in [0.25, 0.3) is 5.91 Å². The number of nitrogens with zero attached hydrogens (tertiary/aromatic N) is 3. The van der Waals surface area contributed by atoms with Crippen LogP contribution in [-0.2, 0) is 6.54 Å². The number of aryl methyl sites for hydroxylation is 1. The van der Waals surface area contributed by atoms with Crippen molar-refractivity contribution < 1.29 is 9.59 Å². The molecule has 1 aliphatic carbocycles. The lowest BCUT2D eigenvalue weighted by Gasteiger charge is -2.24. The lowest BCUT2D eigenvalue weighted by Crippen LogP contribution is -2.33. The Morgan fingerprint density at radius 3 is 2.81 bits per heavy atom. The van der Waals surface area contributed by atoms with Gasteiger partial charge >= 0.3 is 6.03 Å². The van der Waals surface area contributed by atoms with E-state index in [1.165, 1.54) is 0 Å². The number of carbonyl (C=O) groups is 2. The predicted molar refractivity (Wildman–Crippen MR) is 99.1 cm³/mol. The molecule has 1 N–H and O–H groups in total. The van der Waals surface area contributed by atoms with Crippen molar-refractivity contribution in [3.8, 4) is 0 Å². The smallest absolute Gasteiger partial charge is 0.322 e. The molecule has 0 unspecified atom stereocenters. The Kier molecular flexibility index (Phi) is 4.32. The Hall–Kier alpha value is -2.89. The molecule has 3 amide bonds. The molecule has 0 radical (unpaired) electrons. The Morgan fingerprint density at radius 1 is 1.35 bits per heavy atom. The maximum atomic E-state index is 13.1. The van der Waals surface area contributed by atoms with Crippen molar-refractivity contribution in [2.24, 2.45) is 0 Å². The first-order valence-corrected chi connectivity index (χ1v) is 8.99. The van der Waals surface area contributed by atoms with Crippen LogP contribution in [0.5, 0.6) is 0 Å². The average Bonchev–Trinajstić information content (AvgIpc) is 3.41. The molecule has 1 saturated carbocycles. The van der Waals surface area contributed by atoms with Crippen molar-refractivity contribution in [1.82, 2.24) is 15.2 Å². The van der Waals surface area contributed by atoms with Crippen molar-refractivity contribution in [3.05, 3.63) is 59.4 Å². The van der Waals surface area contributed by atoms with Crippen LogP contribution in [0.15, 0.2) is 42.7 Å². The summed E-state index contributed by atoms with van der Waals surface area (Å²) in [6, 6.07) is 9.72. The fraction of sp³-hybridized carbons (Fsp3) is 0.350. The summed E-state index contributed by atoms with van der Waals surface area (Å²) in [5.74, 6) is 0.0388. The fourth-order valence-electron chi connectivity index (χ4n) is 3.40. The number of hydrogen-bond acceptors (Lipinski definition) is 3. The molecule has 4 rings (SSSR count). The Labute approximate surface area is 152 Å². The maximum Gasteiger partial charge on any atom is 0.322 e. The van der Waals surface area contributed by atoms with Crippen LogP contribution in [0.2, 0.25) is 0 Å². The second-order valence-electron chi connectivity index (χ2n) is 6.91. The zero-order valence-electron chi connectivity index (χ0n) is 14.8. The molecular formula is C20H22N4O2. The van der Waals surface area contributed by atoms with E-state index < -0.39 is 0 Å². The van der Waals surface area contributed by atoms with Crippen LogP contribution < -0.4 is 10.2 Å². The first kappa shape index (κ1) is 16.6. The molecule has 26 heavy (non-hydrogen) atoms. The summed E-state index contributed by atoms with van der Waals surface area (Å²) in [5, 5.41) is 2.81. The van der Waals surface area contributed by atoms with Gasteiger partial charge in [-0.25, -0.2) is 4.79 Å². The molecule has 1 aromatic heterocycles. The summed E-state index contributed by atoms with van der Waals surface area (Å²) in [4.78, 5) is 32.8. The molecule has 2 fully saturated rings. The van der Waals surface area contributed by atoms with E-state index in [0.29, 0.717) is 31.2 Å². The number of benzene rings is 1. The topological polar surface area (TPSA) is 65.5 Å². The molecule has 1 aromatic carbocycles. The van der Waals surface area contributed by atoms with E-state index in [2.05, 4.69) is 10.3 Å². The number of amides is 3. The van der Waals surface area contributed by atoms with E-state index >= 15 is 0 Å². The molecule has 0 spiro atoms. The van der Waals surface area contributed by atoms with Crippen molar-refractivity contribution in [2.45, 2.75) is 32.4 Å². The van der Waals surface area contributed by atoms with Gasteiger partial charge in [0.1, 0.15) is 0 Å². The molecule has 1 saturated heterocycles. The minimum Gasteiger partial charge on any atom is -0.336 e. The quantitative estimate of drug-likeness (QED) is 0.902. The Bertz CT molecular complexity index is 833. The number of rotatable bonds is 5. The monoisotopic (exact) mass is 350 g/mol. The number of pyridine rings is 1. The van der Waals surface area contributed by atoms with Gasteiger partial charge in [-0.3, -0.25) is 14.7 Å². The maximum absolute atomic E-state index is 13.1.